The average molecular weight is 148 g/mol. The lowest BCUT2D eigenvalue weighted by Gasteiger charge is -2.38. The smallest absolute Gasteiger partial charge is 0.119 e. The van der Waals surface area contributed by atoms with Gasteiger partial charge in [-0.1, -0.05) is 26.0 Å². The third-order valence-electron chi connectivity index (χ3n) is 2.50. The Hall–Kier alpha value is -0.980. The Kier molecular flexibility index (Phi) is 1.09. The van der Waals surface area contributed by atoms with Crippen LogP contribution in [0.5, 0.6) is 5.75 Å². The highest BCUT2D eigenvalue weighted by molar-refractivity contribution is 5.51. The predicted octanol–water partition coefficient (Wildman–Crippen LogP) is 2.23. The number of fused-ring (bicyclic) bond motifs is 1. The number of rotatable bonds is 0. The van der Waals surface area contributed by atoms with Crippen LogP contribution in [-0.4, -0.2) is 5.11 Å². The monoisotopic (exact) mass is 148 g/mol. The summed E-state index contributed by atoms with van der Waals surface area (Å²) in [6.07, 6.45) is 1.01. The lowest BCUT2D eigenvalue weighted by atomic mass is 9.66. The lowest BCUT2D eigenvalue weighted by molar-refractivity contribution is 0.407. The van der Waals surface area contributed by atoms with Gasteiger partial charge in [0.05, 0.1) is 0 Å². The summed E-state index contributed by atoms with van der Waals surface area (Å²) >= 11 is 0. The lowest BCUT2D eigenvalue weighted by Crippen LogP contribution is -2.32. The third kappa shape index (κ3) is 0.770. The summed E-state index contributed by atoms with van der Waals surface area (Å²) in [5, 5.41) is 9.38. The van der Waals surface area contributed by atoms with E-state index in [-0.39, 0.29) is 5.41 Å². The Labute approximate surface area is 66.7 Å². The van der Waals surface area contributed by atoms with Gasteiger partial charge in [0, 0.05) is 0 Å². The van der Waals surface area contributed by atoms with Crippen molar-refractivity contribution in [2.75, 3.05) is 0 Å². The maximum atomic E-state index is 9.38. The summed E-state index contributed by atoms with van der Waals surface area (Å²) in [5.41, 5.74) is 2.73. The Morgan fingerprint density at radius 1 is 1.36 bits per heavy atom. The first kappa shape index (κ1) is 6.71. The molecule has 1 aromatic carbocycles. The Bertz CT molecular complexity index is 300. The minimum Gasteiger partial charge on any atom is -0.508 e. The Morgan fingerprint density at radius 3 is 2.64 bits per heavy atom. The van der Waals surface area contributed by atoms with E-state index in [1.54, 1.807) is 6.07 Å². The van der Waals surface area contributed by atoms with E-state index in [2.05, 4.69) is 19.9 Å². The maximum absolute atomic E-state index is 9.38. The number of hydrogen-bond donors (Lipinski definition) is 1. The second-order valence-electron chi connectivity index (χ2n) is 3.86. The second-order valence-corrected chi connectivity index (χ2v) is 3.86. The van der Waals surface area contributed by atoms with Crippen LogP contribution in [0.1, 0.15) is 25.0 Å². The molecule has 0 spiro atoms. The molecule has 0 aromatic heterocycles. The minimum atomic E-state index is 0.286. The zero-order chi connectivity index (χ0) is 8.06. The molecule has 58 valence electrons. The molecule has 1 N–H and O–H groups in total. The van der Waals surface area contributed by atoms with E-state index in [1.807, 2.05) is 6.07 Å². The maximum Gasteiger partial charge on any atom is 0.119 e. The van der Waals surface area contributed by atoms with Gasteiger partial charge < -0.3 is 5.11 Å². The first-order valence-electron chi connectivity index (χ1n) is 3.92. The quantitative estimate of drug-likeness (QED) is 0.598. The van der Waals surface area contributed by atoms with Crippen LogP contribution in [0.25, 0.3) is 0 Å². The van der Waals surface area contributed by atoms with Crippen molar-refractivity contribution in [1.82, 2.24) is 0 Å². The largest absolute Gasteiger partial charge is 0.508 e. The SMILES string of the molecule is CC1(C)Cc2c(O)cccc21. The van der Waals surface area contributed by atoms with Crippen LogP contribution in [0.15, 0.2) is 18.2 Å². The van der Waals surface area contributed by atoms with Crippen molar-refractivity contribution >= 4 is 0 Å². The molecular formula is C10H12O. The first-order valence-corrected chi connectivity index (χ1v) is 3.92. The topological polar surface area (TPSA) is 20.2 Å². The number of benzene rings is 1. The number of aromatic hydroxyl groups is 1. The molecule has 1 heteroatoms. The van der Waals surface area contributed by atoms with Crippen LogP contribution in [-0.2, 0) is 11.8 Å². The molecule has 1 nitrogen and oxygen atoms in total. The molecule has 0 fully saturated rings. The Balaban J connectivity index is 2.57. The zero-order valence-corrected chi connectivity index (χ0v) is 6.89. The predicted molar refractivity (Wildman–Crippen MR) is 44.8 cm³/mol. The summed E-state index contributed by atoms with van der Waals surface area (Å²) in [7, 11) is 0. The van der Waals surface area contributed by atoms with Gasteiger partial charge in [0.15, 0.2) is 0 Å². The molecule has 0 saturated heterocycles. The van der Waals surface area contributed by atoms with Crippen molar-refractivity contribution in [2.45, 2.75) is 25.7 Å². The standard InChI is InChI=1S/C10H12O/c1-10(2)6-7-8(10)4-3-5-9(7)11/h3-5,11H,6H2,1-2H3. The molecule has 2 rings (SSSR count). The van der Waals surface area contributed by atoms with Gasteiger partial charge in [-0.25, -0.2) is 0 Å². The Morgan fingerprint density at radius 2 is 2.09 bits per heavy atom. The van der Waals surface area contributed by atoms with Gasteiger partial charge >= 0.3 is 0 Å². The molecule has 1 aliphatic carbocycles. The van der Waals surface area contributed by atoms with E-state index >= 15 is 0 Å². The molecule has 0 heterocycles. The van der Waals surface area contributed by atoms with Crippen molar-refractivity contribution in [3.05, 3.63) is 29.3 Å². The van der Waals surface area contributed by atoms with E-state index in [1.165, 1.54) is 5.56 Å². The molecule has 0 atom stereocenters. The minimum absolute atomic E-state index is 0.286. The van der Waals surface area contributed by atoms with Gasteiger partial charge in [-0.3, -0.25) is 0 Å². The fourth-order valence-electron chi connectivity index (χ4n) is 1.82. The number of hydrogen-bond acceptors (Lipinski definition) is 1. The summed E-state index contributed by atoms with van der Waals surface area (Å²) in [5.74, 6) is 0.460. The number of phenols is 1. The molecule has 0 radical (unpaired) electrons. The van der Waals surface area contributed by atoms with E-state index < -0.39 is 0 Å². The van der Waals surface area contributed by atoms with Gasteiger partial charge in [-0.15, -0.1) is 0 Å². The first-order chi connectivity index (χ1) is 5.11. The van der Waals surface area contributed by atoms with E-state index in [0.29, 0.717) is 5.75 Å². The molecule has 0 aliphatic heterocycles. The third-order valence-corrected chi connectivity index (χ3v) is 2.50. The van der Waals surface area contributed by atoms with Crippen LogP contribution >= 0.6 is 0 Å². The summed E-state index contributed by atoms with van der Waals surface area (Å²) in [6, 6.07) is 5.77. The van der Waals surface area contributed by atoms with Crippen LogP contribution in [0, 0.1) is 0 Å². The summed E-state index contributed by atoms with van der Waals surface area (Å²) in [4.78, 5) is 0. The molecule has 0 unspecified atom stereocenters. The van der Waals surface area contributed by atoms with E-state index in [4.69, 9.17) is 0 Å². The van der Waals surface area contributed by atoms with Gasteiger partial charge in [-0.05, 0) is 29.0 Å². The molecule has 0 amide bonds. The van der Waals surface area contributed by atoms with Gasteiger partial charge in [0.2, 0.25) is 0 Å². The van der Waals surface area contributed by atoms with Crippen LogP contribution < -0.4 is 0 Å². The van der Waals surface area contributed by atoms with Crippen LogP contribution in [0.2, 0.25) is 0 Å². The second kappa shape index (κ2) is 1.79. The van der Waals surface area contributed by atoms with E-state index in [0.717, 1.165) is 12.0 Å². The van der Waals surface area contributed by atoms with Gasteiger partial charge in [0.25, 0.3) is 0 Å². The molecule has 0 saturated carbocycles. The average Bonchev–Trinajstić information content (AvgIpc) is 1.92. The van der Waals surface area contributed by atoms with Gasteiger partial charge in [0.1, 0.15) is 5.75 Å². The summed E-state index contributed by atoms with van der Waals surface area (Å²) < 4.78 is 0. The molecular weight excluding hydrogens is 136 g/mol. The van der Waals surface area contributed by atoms with Crippen LogP contribution in [0.4, 0.5) is 0 Å². The van der Waals surface area contributed by atoms with Crippen molar-refractivity contribution in [2.24, 2.45) is 0 Å². The highest BCUT2D eigenvalue weighted by Gasteiger charge is 2.35. The number of phenolic OH excluding ortho intramolecular Hbond substituents is 1. The molecule has 1 aliphatic rings. The highest BCUT2D eigenvalue weighted by atomic mass is 16.3. The zero-order valence-electron chi connectivity index (χ0n) is 6.89. The summed E-state index contributed by atoms with van der Waals surface area (Å²) in [6.45, 7) is 4.41. The fraction of sp³-hybridized carbons (Fsp3) is 0.400. The van der Waals surface area contributed by atoms with Crippen LogP contribution in [0.3, 0.4) is 0 Å². The molecule has 11 heavy (non-hydrogen) atoms. The normalized spacial score (nSPS) is 18.7. The van der Waals surface area contributed by atoms with Crippen molar-refractivity contribution in [3.63, 3.8) is 0 Å². The van der Waals surface area contributed by atoms with Crippen molar-refractivity contribution in [1.29, 1.82) is 0 Å². The van der Waals surface area contributed by atoms with E-state index in [9.17, 15) is 5.11 Å². The van der Waals surface area contributed by atoms with Crippen molar-refractivity contribution < 1.29 is 5.11 Å². The molecule has 1 aromatic rings. The van der Waals surface area contributed by atoms with Crippen molar-refractivity contribution in [3.8, 4) is 5.75 Å². The fourth-order valence-corrected chi connectivity index (χ4v) is 1.82. The van der Waals surface area contributed by atoms with Gasteiger partial charge in [-0.2, -0.15) is 0 Å². The highest BCUT2D eigenvalue weighted by Crippen LogP contribution is 2.44. The molecule has 0 bridgehead atoms.